The first kappa shape index (κ1) is 56.4. The molecule has 358 valence electrons. The molecule has 1 saturated carbocycles. The molecule has 3 aromatic rings. The number of hydrogen-bond acceptors (Lipinski definition) is 7. The lowest BCUT2D eigenvalue weighted by Gasteiger charge is -2.62. The number of benzene rings is 3. The molecule has 1 aliphatic carbocycles. The van der Waals surface area contributed by atoms with Crippen molar-refractivity contribution < 1.29 is 4.79 Å². The number of carbonyl (C=O) groups is 1. The number of aliphatic imine (C=N–C) groups is 1. The summed E-state index contributed by atoms with van der Waals surface area (Å²) in [4.78, 5) is 25.0. The van der Waals surface area contributed by atoms with Crippen LogP contribution in [-0.2, 0) is 4.79 Å². The fraction of sp³-hybridized carbons (Fsp3) is 0.431. The summed E-state index contributed by atoms with van der Waals surface area (Å²) in [5.41, 5.74) is 11.4. The minimum absolute atomic E-state index is 0.286. The van der Waals surface area contributed by atoms with E-state index in [1.165, 1.54) is 23.4 Å². The van der Waals surface area contributed by atoms with Crippen LogP contribution in [-0.4, -0.2) is 81.1 Å². The molecular formula is C58H85N7O. The average molecular weight is 896 g/mol. The third-order valence-corrected chi connectivity index (χ3v) is 11.7. The zero-order valence-corrected chi connectivity index (χ0v) is 43.3. The summed E-state index contributed by atoms with van der Waals surface area (Å²) in [7, 11) is 5.96. The van der Waals surface area contributed by atoms with Crippen molar-refractivity contribution in [2.24, 2.45) is 10.4 Å². The summed E-state index contributed by atoms with van der Waals surface area (Å²) in [6, 6.07) is 22.2. The van der Waals surface area contributed by atoms with E-state index >= 15 is 0 Å². The maximum atomic E-state index is 10.6. The standard InChI is InChI=1S/C40H42N6.C8H17NO.C3H8.C3H6.2C2H6/c1-7-28-11-10-12-35(33(28)9-3)45-25-39(26-45)23-44(24-39)32-16-13-30(14-17-32)37-34-21-31(29(8-2)22-42-6)15-18-36(34)46(27(4)5)38(41)40(43-37)19-20-40;1-7(9(3)4)5-6-8(2)10;2*1-3-2;2*1-2/h7-18,21-22,41-42H,1-4,19-20,23-26H2,5-6H3;7H,5-6H2,1-4H3;3H2,1-2H3;3H,1H2,2H3;2*1-2H3/b29-22+,41-38?;;;;;. The first-order chi connectivity index (χ1) is 31.6. The number of fused-ring (bicyclic) bond motifs is 1. The van der Waals surface area contributed by atoms with Gasteiger partial charge in [-0.25, -0.2) is 0 Å². The van der Waals surface area contributed by atoms with Gasteiger partial charge in [-0.1, -0.05) is 129 Å². The summed E-state index contributed by atoms with van der Waals surface area (Å²) in [6.07, 6.45) is 14.1. The molecule has 2 spiro atoms. The fourth-order valence-corrected chi connectivity index (χ4v) is 8.08. The largest absolute Gasteiger partial charge is 0.393 e. The Balaban J connectivity index is 0.000000638. The van der Waals surface area contributed by atoms with E-state index in [1.807, 2.05) is 92.0 Å². The number of Topliss-reactive ketones (excluding diaryl/α,β-unsaturated/α-hetero) is 1. The van der Waals surface area contributed by atoms with E-state index in [2.05, 4.69) is 134 Å². The SMILES string of the molecule is C=C/C(=C\NC)c1ccc2c(c1)C(c1ccc(N3CC4(C3)CN(c3cccc(C=C)c3C=C)C4)cc1)=NC1(CC1)C(=N)N2C(=C)C.C=CC.CC.CC.CC(=O)CCC(C)N(C)C.CCC. The Labute approximate surface area is 401 Å². The van der Waals surface area contributed by atoms with Gasteiger partial charge in [-0.15, -0.1) is 6.58 Å². The Morgan fingerprint density at radius 2 is 1.47 bits per heavy atom. The first-order valence-electron chi connectivity index (χ1n) is 24.1. The molecule has 0 amide bonds. The fourth-order valence-electron chi connectivity index (χ4n) is 8.08. The van der Waals surface area contributed by atoms with Crippen LogP contribution in [0.15, 0.2) is 123 Å². The van der Waals surface area contributed by atoms with Crippen molar-refractivity contribution in [1.29, 1.82) is 5.41 Å². The van der Waals surface area contributed by atoms with E-state index in [0.29, 0.717) is 23.7 Å². The molecule has 2 N–H and O–H groups in total. The van der Waals surface area contributed by atoms with Crippen LogP contribution in [0.3, 0.4) is 0 Å². The Bertz CT molecular complexity index is 2160. The van der Waals surface area contributed by atoms with Gasteiger partial charge in [0.05, 0.1) is 11.4 Å². The van der Waals surface area contributed by atoms with E-state index in [9.17, 15) is 10.2 Å². The molecule has 3 aliphatic heterocycles. The molecule has 66 heavy (non-hydrogen) atoms. The number of rotatable bonds is 13. The highest BCUT2D eigenvalue weighted by molar-refractivity contribution is 6.23. The molecule has 2 saturated heterocycles. The molecule has 0 radical (unpaired) electrons. The number of nitrogens with zero attached hydrogens (tertiary/aromatic N) is 5. The van der Waals surface area contributed by atoms with Crippen LogP contribution in [0.5, 0.6) is 0 Å². The van der Waals surface area contributed by atoms with Gasteiger partial charge in [0.15, 0.2) is 0 Å². The van der Waals surface area contributed by atoms with Crippen molar-refractivity contribution >= 4 is 52.1 Å². The predicted octanol–water partition coefficient (Wildman–Crippen LogP) is 13.7. The summed E-state index contributed by atoms with van der Waals surface area (Å²) in [5, 5.41) is 12.3. The van der Waals surface area contributed by atoms with Gasteiger partial charge in [0.2, 0.25) is 0 Å². The Morgan fingerprint density at radius 1 is 0.894 bits per heavy atom. The van der Waals surface area contributed by atoms with Crippen molar-refractivity contribution in [1.82, 2.24) is 10.2 Å². The predicted molar refractivity (Wildman–Crippen MR) is 294 cm³/mol. The summed E-state index contributed by atoms with van der Waals surface area (Å²) < 4.78 is 0. The number of allylic oxidation sites excluding steroid dienone is 4. The summed E-state index contributed by atoms with van der Waals surface area (Å²) >= 11 is 0. The van der Waals surface area contributed by atoms with Gasteiger partial charge in [0.25, 0.3) is 0 Å². The lowest BCUT2D eigenvalue weighted by atomic mass is 9.72. The normalized spacial score (nSPS) is 16.0. The zero-order valence-electron chi connectivity index (χ0n) is 43.3. The second kappa shape index (κ2) is 27.0. The molecule has 0 bridgehead atoms. The Hall–Kier alpha value is -5.73. The topological polar surface area (TPSA) is 78.3 Å². The van der Waals surface area contributed by atoms with Gasteiger partial charge < -0.3 is 29.7 Å². The van der Waals surface area contributed by atoms with Gasteiger partial charge in [0.1, 0.15) is 17.2 Å². The molecule has 8 nitrogen and oxygen atoms in total. The highest BCUT2D eigenvalue weighted by Gasteiger charge is 2.53. The molecule has 1 unspecified atom stereocenters. The number of carbonyl (C=O) groups excluding carboxylic acids is 1. The van der Waals surface area contributed by atoms with Crippen LogP contribution in [0, 0.1) is 10.8 Å². The average Bonchev–Trinajstić information content (AvgIpc) is 4.09. The number of hydrogen-bond donors (Lipinski definition) is 2. The highest BCUT2D eigenvalue weighted by atomic mass is 16.1. The zero-order chi connectivity index (χ0) is 49.8. The summed E-state index contributed by atoms with van der Waals surface area (Å²) in [5.74, 6) is 0.792. The van der Waals surface area contributed by atoms with Crippen LogP contribution >= 0.6 is 0 Å². The Morgan fingerprint density at radius 3 is 1.94 bits per heavy atom. The summed E-state index contributed by atoms with van der Waals surface area (Å²) in [6.45, 7) is 43.8. The van der Waals surface area contributed by atoms with Gasteiger partial charge in [-0.2, -0.15) is 0 Å². The van der Waals surface area contributed by atoms with Crippen LogP contribution in [0.4, 0.5) is 17.1 Å². The van der Waals surface area contributed by atoms with Crippen molar-refractivity contribution in [3.05, 3.63) is 145 Å². The first-order valence-corrected chi connectivity index (χ1v) is 24.1. The van der Waals surface area contributed by atoms with Crippen LogP contribution in [0.2, 0.25) is 0 Å². The molecule has 3 aromatic carbocycles. The monoisotopic (exact) mass is 896 g/mol. The molecule has 1 atom stereocenters. The highest BCUT2D eigenvalue weighted by Crippen LogP contribution is 2.48. The smallest absolute Gasteiger partial charge is 0.133 e. The lowest BCUT2D eigenvalue weighted by molar-refractivity contribution is -0.117. The maximum Gasteiger partial charge on any atom is 0.133 e. The molecule has 8 heteroatoms. The molecular weight excluding hydrogens is 811 g/mol. The van der Waals surface area contributed by atoms with E-state index in [1.54, 1.807) is 13.0 Å². The van der Waals surface area contributed by atoms with Crippen molar-refractivity contribution in [3.63, 3.8) is 0 Å². The third-order valence-electron chi connectivity index (χ3n) is 11.7. The van der Waals surface area contributed by atoms with Crippen LogP contribution in [0.1, 0.15) is 129 Å². The van der Waals surface area contributed by atoms with Crippen LogP contribution < -0.4 is 20.0 Å². The van der Waals surface area contributed by atoms with Crippen molar-refractivity contribution in [2.75, 3.05) is 62.0 Å². The number of amidine groups is 1. The Kier molecular flexibility index (Phi) is 23.1. The van der Waals surface area contributed by atoms with E-state index < -0.39 is 5.54 Å². The van der Waals surface area contributed by atoms with Gasteiger partial charge in [-0.3, -0.25) is 10.4 Å². The second-order valence-electron chi connectivity index (χ2n) is 17.4. The van der Waals surface area contributed by atoms with Crippen LogP contribution in [0.25, 0.3) is 17.7 Å². The van der Waals surface area contributed by atoms with E-state index in [4.69, 9.17) is 4.99 Å². The molecule has 4 aliphatic rings. The number of ketones is 1. The lowest BCUT2D eigenvalue weighted by Crippen LogP contribution is -2.72. The minimum Gasteiger partial charge on any atom is -0.393 e. The van der Waals surface area contributed by atoms with E-state index in [0.717, 1.165) is 90.4 Å². The minimum atomic E-state index is -0.509. The molecule has 3 heterocycles. The van der Waals surface area contributed by atoms with Gasteiger partial charge >= 0.3 is 0 Å². The van der Waals surface area contributed by atoms with E-state index in [-0.39, 0.29) is 5.78 Å². The van der Waals surface area contributed by atoms with Gasteiger partial charge in [-0.05, 0) is 108 Å². The third kappa shape index (κ3) is 13.9. The second-order valence-corrected chi connectivity index (χ2v) is 17.4. The quantitative estimate of drug-likeness (QED) is 0.131. The van der Waals surface area contributed by atoms with Crippen molar-refractivity contribution in [3.8, 4) is 0 Å². The number of anilines is 3. The van der Waals surface area contributed by atoms with Gasteiger partial charge in [0, 0.05) is 91.1 Å². The molecule has 7 rings (SSSR count). The maximum absolute atomic E-state index is 10.6. The van der Waals surface area contributed by atoms with Crippen molar-refractivity contribution in [2.45, 2.75) is 113 Å². The molecule has 0 aromatic heterocycles. The number of nitrogens with one attached hydrogen (secondary N) is 2. The molecule has 3 fully saturated rings.